The van der Waals surface area contributed by atoms with Gasteiger partial charge in [-0.25, -0.2) is 0 Å². The fourth-order valence-corrected chi connectivity index (χ4v) is 5.14. The van der Waals surface area contributed by atoms with E-state index in [-0.39, 0.29) is 5.91 Å². The number of benzene rings is 1. The highest BCUT2D eigenvalue weighted by Gasteiger charge is 2.18. The molecule has 110 valence electrons. The minimum Gasteiger partial charge on any atom is -0.321 e. The molecular formula is C16H16INOS2. The third-order valence-electron chi connectivity index (χ3n) is 3.56. The number of amides is 1. The number of carbonyl (C=O) groups is 1. The quantitative estimate of drug-likeness (QED) is 0.638. The molecule has 0 saturated heterocycles. The summed E-state index contributed by atoms with van der Waals surface area (Å²) in [5.41, 5.74) is 1.67. The van der Waals surface area contributed by atoms with E-state index in [0.29, 0.717) is 5.25 Å². The van der Waals surface area contributed by atoms with Gasteiger partial charge in [0.05, 0.1) is 14.1 Å². The van der Waals surface area contributed by atoms with Gasteiger partial charge in [0.2, 0.25) is 0 Å². The van der Waals surface area contributed by atoms with Gasteiger partial charge < -0.3 is 5.32 Å². The molecule has 3 rings (SSSR count). The summed E-state index contributed by atoms with van der Waals surface area (Å²) in [6.45, 7) is 0. The molecule has 1 aromatic heterocycles. The highest BCUT2D eigenvalue weighted by Crippen LogP contribution is 2.38. The molecule has 1 saturated carbocycles. The van der Waals surface area contributed by atoms with Gasteiger partial charge in [-0.3, -0.25) is 4.79 Å². The molecule has 1 aliphatic carbocycles. The summed E-state index contributed by atoms with van der Waals surface area (Å²) in [5, 5.41) is 5.66. The van der Waals surface area contributed by atoms with Crippen LogP contribution < -0.4 is 5.32 Å². The van der Waals surface area contributed by atoms with Crippen LogP contribution in [0.25, 0.3) is 0 Å². The van der Waals surface area contributed by atoms with Crippen LogP contribution >= 0.6 is 45.7 Å². The lowest BCUT2D eigenvalue weighted by Crippen LogP contribution is -2.11. The maximum absolute atomic E-state index is 12.3. The van der Waals surface area contributed by atoms with Gasteiger partial charge in [0.1, 0.15) is 0 Å². The molecule has 0 radical (unpaired) electrons. The van der Waals surface area contributed by atoms with E-state index in [1.807, 2.05) is 41.4 Å². The number of thiophene rings is 1. The maximum atomic E-state index is 12.3. The van der Waals surface area contributed by atoms with Crippen LogP contribution in [0.1, 0.15) is 36.0 Å². The summed E-state index contributed by atoms with van der Waals surface area (Å²) >= 11 is 5.74. The molecule has 1 N–H and O–H groups in total. The molecule has 1 heterocycles. The average Bonchev–Trinajstić information content (AvgIpc) is 3.12. The van der Waals surface area contributed by atoms with Crippen LogP contribution in [0.3, 0.4) is 0 Å². The van der Waals surface area contributed by atoms with Gasteiger partial charge in [-0.2, -0.15) is 0 Å². The Morgan fingerprint density at radius 1 is 1.29 bits per heavy atom. The van der Waals surface area contributed by atoms with Crippen molar-refractivity contribution in [3.8, 4) is 0 Å². The van der Waals surface area contributed by atoms with Crippen LogP contribution in [0.2, 0.25) is 0 Å². The zero-order valence-electron chi connectivity index (χ0n) is 11.5. The second kappa shape index (κ2) is 7.15. The van der Waals surface area contributed by atoms with E-state index in [0.717, 1.165) is 14.1 Å². The summed E-state index contributed by atoms with van der Waals surface area (Å²) in [4.78, 5) is 13.5. The van der Waals surface area contributed by atoms with Gasteiger partial charge in [0, 0.05) is 15.5 Å². The van der Waals surface area contributed by atoms with Crippen LogP contribution in [0.5, 0.6) is 0 Å². The lowest BCUT2D eigenvalue weighted by atomic mass is 10.3. The average molecular weight is 429 g/mol. The highest BCUT2D eigenvalue weighted by molar-refractivity contribution is 14.1. The number of nitrogens with one attached hydrogen (secondary N) is 1. The first-order valence-corrected chi connectivity index (χ1v) is 9.87. The molecule has 0 spiro atoms. The summed E-state index contributed by atoms with van der Waals surface area (Å²) in [7, 11) is 0. The molecule has 0 atom stereocenters. The minimum absolute atomic E-state index is 0.0198. The molecule has 2 nitrogen and oxygen atoms in total. The van der Waals surface area contributed by atoms with Crippen molar-refractivity contribution in [3.05, 3.63) is 44.2 Å². The van der Waals surface area contributed by atoms with Crippen molar-refractivity contribution in [1.29, 1.82) is 0 Å². The van der Waals surface area contributed by atoms with Gasteiger partial charge in [-0.15, -0.1) is 23.1 Å². The molecule has 1 aromatic carbocycles. The number of anilines is 1. The molecular weight excluding hydrogens is 413 g/mol. The third kappa shape index (κ3) is 4.02. The predicted molar refractivity (Wildman–Crippen MR) is 99.5 cm³/mol. The topological polar surface area (TPSA) is 29.1 Å². The van der Waals surface area contributed by atoms with Crippen LogP contribution in [-0.2, 0) is 0 Å². The first-order valence-electron chi connectivity index (χ1n) is 7.03. The zero-order valence-corrected chi connectivity index (χ0v) is 15.3. The van der Waals surface area contributed by atoms with Crippen molar-refractivity contribution in [2.24, 2.45) is 0 Å². The summed E-state index contributed by atoms with van der Waals surface area (Å²) in [5.74, 6) is -0.0198. The number of hydrogen-bond acceptors (Lipinski definition) is 3. The minimum atomic E-state index is -0.0198. The second-order valence-electron chi connectivity index (χ2n) is 5.11. The summed E-state index contributed by atoms with van der Waals surface area (Å²) in [6, 6.07) is 10.0. The van der Waals surface area contributed by atoms with Gasteiger partial charge in [-0.1, -0.05) is 25.0 Å². The van der Waals surface area contributed by atoms with Crippen LogP contribution in [0.4, 0.5) is 5.69 Å². The molecule has 0 unspecified atom stereocenters. The Hall–Kier alpha value is -0.530. The fraction of sp³-hybridized carbons (Fsp3) is 0.312. The van der Waals surface area contributed by atoms with Crippen molar-refractivity contribution in [1.82, 2.24) is 0 Å². The lowest BCUT2D eigenvalue weighted by Gasteiger charge is -2.13. The van der Waals surface area contributed by atoms with E-state index >= 15 is 0 Å². The number of thioether (sulfide) groups is 1. The lowest BCUT2D eigenvalue weighted by molar-refractivity contribution is 0.102. The molecule has 0 aliphatic heterocycles. The Balaban J connectivity index is 1.73. The number of carbonyl (C=O) groups excluding carboxylic acids is 1. The van der Waals surface area contributed by atoms with Gasteiger partial charge in [-0.05, 0) is 53.6 Å². The number of hydrogen-bond donors (Lipinski definition) is 1. The van der Waals surface area contributed by atoms with Crippen LogP contribution in [0.15, 0.2) is 40.6 Å². The fourth-order valence-electron chi connectivity index (χ4n) is 2.48. The van der Waals surface area contributed by atoms with Crippen molar-refractivity contribution >= 4 is 57.3 Å². The monoisotopic (exact) mass is 429 g/mol. The summed E-state index contributed by atoms with van der Waals surface area (Å²) in [6.07, 6.45) is 5.24. The number of halogens is 1. The van der Waals surface area contributed by atoms with Gasteiger partial charge >= 0.3 is 0 Å². The Bertz CT molecular complexity index is 635. The molecule has 21 heavy (non-hydrogen) atoms. The summed E-state index contributed by atoms with van der Waals surface area (Å²) < 4.78 is 1.13. The van der Waals surface area contributed by atoms with Gasteiger partial charge in [0.15, 0.2) is 0 Å². The van der Waals surface area contributed by atoms with E-state index in [1.54, 1.807) is 11.3 Å². The largest absolute Gasteiger partial charge is 0.321 e. The highest BCUT2D eigenvalue weighted by atomic mass is 127. The molecule has 1 aliphatic rings. The van der Waals surface area contributed by atoms with E-state index in [2.05, 4.69) is 34.0 Å². The van der Waals surface area contributed by atoms with Gasteiger partial charge in [0.25, 0.3) is 5.91 Å². The number of rotatable bonds is 4. The Morgan fingerprint density at radius 3 is 2.76 bits per heavy atom. The van der Waals surface area contributed by atoms with Crippen LogP contribution in [0, 0.1) is 2.88 Å². The first-order chi connectivity index (χ1) is 10.2. The van der Waals surface area contributed by atoms with Crippen molar-refractivity contribution in [2.45, 2.75) is 35.8 Å². The molecule has 2 aromatic rings. The zero-order chi connectivity index (χ0) is 14.7. The Labute approximate surface area is 146 Å². The predicted octanol–water partition coefficient (Wildman–Crippen LogP) is 5.64. The van der Waals surface area contributed by atoms with E-state index in [9.17, 15) is 4.79 Å². The maximum Gasteiger partial charge on any atom is 0.256 e. The standard InChI is InChI=1S/C16H16INOS2/c17-15-9-11(10-20-15)16(19)18-13-7-3-4-8-14(13)21-12-5-1-2-6-12/h3-4,7-10,12H,1-2,5-6H2,(H,18,19). The van der Waals surface area contributed by atoms with E-state index < -0.39 is 0 Å². The molecule has 5 heteroatoms. The molecule has 1 fully saturated rings. The number of para-hydroxylation sites is 1. The normalized spacial score (nSPS) is 15.3. The van der Waals surface area contributed by atoms with Crippen molar-refractivity contribution < 1.29 is 4.79 Å². The Kier molecular flexibility index (Phi) is 5.24. The molecule has 0 bridgehead atoms. The third-order valence-corrected chi connectivity index (χ3v) is 6.76. The van der Waals surface area contributed by atoms with Crippen molar-refractivity contribution in [3.63, 3.8) is 0 Å². The molecule has 1 amide bonds. The smallest absolute Gasteiger partial charge is 0.256 e. The van der Waals surface area contributed by atoms with E-state index in [1.165, 1.54) is 30.6 Å². The SMILES string of the molecule is O=C(Nc1ccccc1SC1CCCC1)c1csc(I)c1. The first kappa shape index (κ1) is 15.4. The van der Waals surface area contributed by atoms with E-state index in [4.69, 9.17) is 0 Å². The second-order valence-corrected chi connectivity index (χ2v) is 9.26. The van der Waals surface area contributed by atoms with Crippen LogP contribution in [-0.4, -0.2) is 11.2 Å². The van der Waals surface area contributed by atoms with Crippen molar-refractivity contribution in [2.75, 3.05) is 5.32 Å². The Morgan fingerprint density at radius 2 is 2.05 bits per heavy atom.